The van der Waals surface area contributed by atoms with Gasteiger partial charge in [-0.3, -0.25) is 4.79 Å². The van der Waals surface area contributed by atoms with E-state index in [0.29, 0.717) is 41.3 Å². The van der Waals surface area contributed by atoms with Gasteiger partial charge in [0.1, 0.15) is 5.54 Å². The van der Waals surface area contributed by atoms with Gasteiger partial charge in [-0.1, -0.05) is 35.3 Å². The van der Waals surface area contributed by atoms with Crippen LogP contribution in [0.25, 0.3) is 10.6 Å². The predicted molar refractivity (Wildman–Crippen MR) is 136 cm³/mol. The molecule has 0 aliphatic carbocycles. The van der Waals surface area contributed by atoms with E-state index < -0.39 is 5.54 Å². The van der Waals surface area contributed by atoms with Gasteiger partial charge in [0.15, 0.2) is 0 Å². The maximum Gasteiger partial charge on any atom is 0.257 e. The molecule has 182 valence electrons. The predicted octanol–water partition coefficient (Wildman–Crippen LogP) is 5.29. The number of rotatable bonds is 5. The van der Waals surface area contributed by atoms with E-state index in [9.17, 15) is 4.79 Å². The second-order valence-corrected chi connectivity index (χ2v) is 11.1. The number of carbonyl (C=O) groups excluding carboxylic acids is 1. The normalized spacial score (nSPS) is 19.2. The molecule has 2 saturated heterocycles. The number of halogens is 2. The number of amides is 1. The third-order valence-electron chi connectivity index (χ3n) is 6.90. The molecular weight excluding hydrogens is 507 g/mol. The van der Waals surface area contributed by atoms with Crippen LogP contribution < -0.4 is 5.32 Å². The summed E-state index contributed by atoms with van der Waals surface area (Å²) in [5.41, 5.74) is 2.69. The molecule has 7 nitrogen and oxygen atoms in total. The van der Waals surface area contributed by atoms with Crippen LogP contribution in [0.4, 0.5) is 5.95 Å². The molecule has 3 aliphatic rings. The molecule has 35 heavy (non-hydrogen) atoms. The molecule has 5 heterocycles. The third-order valence-corrected chi connectivity index (χ3v) is 9.02. The number of nitrogens with zero attached hydrogens (tertiary/aromatic N) is 3. The Morgan fingerprint density at radius 1 is 1.23 bits per heavy atom. The Hall–Kier alpha value is -2.23. The fraction of sp³-hybridized carbons (Fsp3) is 0.400. The summed E-state index contributed by atoms with van der Waals surface area (Å²) < 4.78 is 11.1. The van der Waals surface area contributed by atoms with Crippen LogP contribution in [0.15, 0.2) is 30.5 Å². The summed E-state index contributed by atoms with van der Waals surface area (Å²) >= 11 is 14.6. The summed E-state index contributed by atoms with van der Waals surface area (Å²) in [7, 11) is 0. The van der Waals surface area contributed by atoms with Crippen LogP contribution in [0.5, 0.6) is 0 Å². The van der Waals surface area contributed by atoms with Gasteiger partial charge in [0.05, 0.1) is 39.2 Å². The van der Waals surface area contributed by atoms with E-state index >= 15 is 0 Å². The lowest BCUT2D eigenvalue weighted by Gasteiger charge is -2.45. The van der Waals surface area contributed by atoms with E-state index in [1.807, 2.05) is 36.1 Å². The first kappa shape index (κ1) is 23.2. The van der Waals surface area contributed by atoms with Gasteiger partial charge < -0.3 is 19.7 Å². The van der Waals surface area contributed by atoms with E-state index in [-0.39, 0.29) is 11.9 Å². The zero-order valence-corrected chi connectivity index (χ0v) is 21.5. The molecule has 1 aromatic carbocycles. The van der Waals surface area contributed by atoms with Crippen molar-refractivity contribution in [3.63, 3.8) is 0 Å². The molecule has 0 radical (unpaired) electrons. The summed E-state index contributed by atoms with van der Waals surface area (Å²) in [6, 6.07) is 7.86. The Labute approximate surface area is 217 Å². The van der Waals surface area contributed by atoms with Crippen LogP contribution in [0.1, 0.15) is 39.2 Å². The smallest absolute Gasteiger partial charge is 0.257 e. The number of benzene rings is 1. The zero-order valence-electron chi connectivity index (χ0n) is 19.1. The van der Waals surface area contributed by atoms with Crippen molar-refractivity contribution in [1.82, 2.24) is 14.9 Å². The van der Waals surface area contributed by atoms with E-state index in [1.165, 1.54) is 11.3 Å². The summed E-state index contributed by atoms with van der Waals surface area (Å²) in [5, 5.41) is 4.53. The zero-order chi connectivity index (χ0) is 24.2. The van der Waals surface area contributed by atoms with Crippen LogP contribution in [0.2, 0.25) is 10.0 Å². The molecule has 1 spiro atoms. The molecule has 6 rings (SSSR count). The van der Waals surface area contributed by atoms with E-state index in [0.717, 1.165) is 52.6 Å². The van der Waals surface area contributed by atoms with Crippen molar-refractivity contribution in [1.29, 1.82) is 0 Å². The Kier molecular flexibility index (Phi) is 5.97. The molecule has 2 aromatic heterocycles. The summed E-state index contributed by atoms with van der Waals surface area (Å²) in [6.07, 6.45) is 3.64. The number of ether oxygens (including phenoxy) is 2. The fourth-order valence-corrected chi connectivity index (χ4v) is 6.98. The van der Waals surface area contributed by atoms with Crippen LogP contribution >= 0.6 is 34.5 Å². The van der Waals surface area contributed by atoms with Gasteiger partial charge in [-0.2, -0.15) is 0 Å². The maximum absolute atomic E-state index is 13.7. The van der Waals surface area contributed by atoms with Crippen LogP contribution in [0.3, 0.4) is 0 Å². The van der Waals surface area contributed by atoms with Crippen LogP contribution in [-0.2, 0) is 21.6 Å². The first-order valence-corrected chi connectivity index (χ1v) is 13.2. The van der Waals surface area contributed by atoms with Crippen LogP contribution in [0, 0.1) is 6.92 Å². The van der Waals surface area contributed by atoms with E-state index in [1.54, 1.807) is 6.20 Å². The number of carbonyl (C=O) groups is 1. The Morgan fingerprint density at radius 2 is 2.03 bits per heavy atom. The van der Waals surface area contributed by atoms with E-state index in [4.69, 9.17) is 37.7 Å². The maximum atomic E-state index is 13.7. The SMILES string of the molecule is Cc1cnc(NC2CCOCC2)nc1-c1sc2c(c1Cl)C(=O)N(Cc1cccc(Cl)c1)C21COC1. The van der Waals surface area contributed by atoms with Gasteiger partial charge in [0.25, 0.3) is 5.91 Å². The summed E-state index contributed by atoms with van der Waals surface area (Å²) in [4.78, 5) is 26.6. The average Bonchev–Trinajstić information content (AvgIpc) is 3.28. The fourth-order valence-electron chi connectivity index (χ4n) is 4.92. The standard InChI is InChI=1S/C25H24Cl2N4O3S/c1-14-10-28-24(29-17-5-7-33-8-6-17)30-20(14)21-19(27)18-22(35-21)25(12-34-13-25)31(23(18)32)11-15-3-2-4-16(26)9-15/h2-4,9-10,17H,5-8,11-13H2,1H3,(H,28,29,30). The van der Waals surface area contributed by atoms with Crippen molar-refractivity contribution in [3.8, 4) is 10.6 Å². The highest BCUT2D eigenvalue weighted by Gasteiger charge is 2.57. The Bertz CT molecular complexity index is 1300. The molecule has 3 aromatic rings. The highest BCUT2D eigenvalue weighted by molar-refractivity contribution is 7.17. The second kappa shape index (κ2) is 9.01. The first-order chi connectivity index (χ1) is 17.0. The van der Waals surface area contributed by atoms with Crippen molar-refractivity contribution >= 4 is 46.4 Å². The number of aromatic nitrogens is 2. The quantitative estimate of drug-likeness (QED) is 0.482. The lowest BCUT2D eigenvalue weighted by atomic mass is 9.94. The number of fused-ring (bicyclic) bond motifs is 2. The first-order valence-electron chi connectivity index (χ1n) is 11.6. The van der Waals surface area contributed by atoms with Crippen molar-refractivity contribution in [2.24, 2.45) is 0 Å². The van der Waals surface area contributed by atoms with Crippen molar-refractivity contribution in [2.45, 2.75) is 37.9 Å². The van der Waals surface area contributed by atoms with Gasteiger partial charge in [0.2, 0.25) is 5.95 Å². The lowest BCUT2D eigenvalue weighted by molar-refractivity contribution is -0.126. The second-order valence-electron chi connectivity index (χ2n) is 9.25. The molecule has 0 saturated carbocycles. The molecular formula is C25H24Cl2N4O3S. The van der Waals surface area contributed by atoms with Gasteiger partial charge in [0, 0.05) is 37.0 Å². The van der Waals surface area contributed by atoms with Gasteiger partial charge in [-0.15, -0.1) is 11.3 Å². The molecule has 2 fully saturated rings. The van der Waals surface area contributed by atoms with Gasteiger partial charge in [-0.25, -0.2) is 9.97 Å². The highest BCUT2D eigenvalue weighted by Crippen LogP contribution is 2.54. The van der Waals surface area contributed by atoms with Crippen molar-refractivity contribution in [3.05, 3.63) is 62.1 Å². The summed E-state index contributed by atoms with van der Waals surface area (Å²) in [5.74, 6) is 0.487. The number of anilines is 1. The molecule has 1 N–H and O–H groups in total. The van der Waals surface area contributed by atoms with Crippen molar-refractivity contribution < 1.29 is 14.3 Å². The molecule has 1 amide bonds. The number of nitrogens with one attached hydrogen (secondary N) is 1. The monoisotopic (exact) mass is 530 g/mol. The molecule has 0 bridgehead atoms. The minimum Gasteiger partial charge on any atom is -0.381 e. The number of thiophene rings is 1. The molecule has 3 aliphatic heterocycles. The number of hydrogen-bond acceptors (Lipinski definition) is 7. The Balaban J connectivity index is 1.35. The van der Waals surface area contributed by atoms with E-state index in [2.05, 4.69) is 10.3 Å². The number of aryl methyl sites for hydroxylation is 1. The van der Waals surface area contributed by atoms with Crippen LogP contribution in [-0.4, -0.2) is 53.2 Å². The molecule has 0 atom stereocenters. The Morgan fingerprint density at radius 3 is 2.74 bits per heavy atom. The molecule has 10 heteroatoms. The largest absolute Gasteiger partial charge is 0.381 e. The van der Waals surface area contributed by atoms with Gasteiger partial charge in [-0.05, 0) is 43.0 Å². The minimum atomic E-state index is -0.509. The third kappa shape index (κ3) is 3.92. The molecule has 0 unspecified atom stereocenters. The van der Waals surface area contributed by atoms with Crippen molar-refractivity contribution in [2.75, 3.05) is 31.7 Å². The number of hydrogen-bond donors (Lipinski definition) is 1. The van der Waals surface area contributed by atoms with Gasteiger partial charge >= 0.3 is 0 Å². The average molecular weight is 531 g/mol. The lowest BCUT2D eigenvalue weighted by Crippen LogP contribution is -2.56. The summed E-state index contributed by atoms with van der Waals surface area (Å²) in [6.45, 7) is 4.77. The highest BCUT2D eigenvalue weighted by atomic mass is 35.5. The minimum absolute atomic E-state index is 0.0805. The topological polar surface area (TPSA) is 76.6 Å².